The van der Waals surface area contributed by atoms with Gasteiger partial charge in [-0.3, -0.25) is 0 Å². The van der Waals surface area contributed by atoms with E-state index in [1.165, 1.54) is 17.7 Å². The highest BCUT2D eigenvalue weighted by molar-refractivity contribution is 5.30. The smallest absolute Gasteiger partial charge is 0.123 e. The average molecular weight is 273 g/mol. The van der Waals surface area contributed by atoms with E-state index in [0.29, 0.717) is 0 Å². The molecule has 0 heterocycles. The fourth-order valence-corrected chi connectivity index (χ4v) is 2.28. The summed E-state index contributed by atoms with van der Waals surface area (Å²) in [6.45, 7) is 1.96. The highest BCUT2D eigenvalue weighted by atomic mass is 19.1. The topological polar surface area (TPSA) is 35.2 Å². The first-order valence-corrected chi connectivity index (χ1v) is 6.74. The molecule has 0 saturated carbocycles. The fraction of sp³-hybridized carbons (Fsp3) is 0.294. The summed E-state index contributed by atoms with van der Waals surface area (Å²) >= 11 is 0. The molecule has 0 saturated heterocycles. The van der Waals surface area contributed by atoms with Crippen LogP contribution in [-0.4, -0.2) is 7.11 Å². The first-order valence-electron chi connectivity index (χ1n) is 6.74. The number of methoxy groups -OCH3 is 1. The lowest BCUT2D eigenvalue weighted by Gasteiger charge is -2.15. The van der Waals surface area contributed by atoms with Gasteiger partial charge in [-0.2, -0.15) is 0 Å². The Kier molecular flexibility index (Phi) is 4.74. The molecule has 2 nitrogen and oxygen atoms in total. The second-order valence-corrected chi connectivity index (χ2v) is 4.99. The van der Waals surface area contributed by atoms with Gasteiger partial charge in [0.1, 0.15) is 11.6 Å². The first kappa shape index (κ1) is 14.5. The minimum atomic E-state index is -0.231. The van der Waals surface area contributed by atoms with Crippen molar-refractivity contribution in [1.82, 2.24) is 0 Å². The lowest BCUT2D eigenvalue weighted by molar-refractivity contribution is 0.414. The van der Waals surface area contributed by atoms with Gasteiger partial charge in [-0.05, 0) is 60.7 Å². The molecule has 106 valence electrons. The van der Waals surface area contributed by atoms with Gasteiger partial charge in [0.15, 0.2) is 0 Å². The summed E-state index contributed by atoms with van der Waals surface area (Å²) in [4.78, 5) is 0. The predicted octanol–water partition coefficient (Wildman–Crippen LogP) is 3.78. The molecule has 0 spiro atoms. The van der Waals surface area contributed by atoms with E-state index in [9.17, 15) is 4.39 Å². The number of halogens is 1. The van der Waals surface area contributed by atoms with E-state index < -0.39 is 0 Å². The van der Waals surface area contributed by atoms with Crippen molar-refractivity contribution in [1.29, 1.82) is 0 Å². The Morgan fingerprint density at radius 3 is 2.50 bits per heavy atom. The van der Waals surface area contributed by atoms with Crippen molar-refractivity contribution >= 4 is 0 Å². The number of rotatable bonds is 5. The van der Waals surface area contributed by atoms with Crippen LogP contribution < -0.4 is 10.5 Å². The Morgan fingerprint density at radius 1 is 1.15 bits per heavy atom. The normalized spacial score (nSPS) is 12.2. The third-order valence-electron chi connectivity index (χ3n) is 3.54. The Labute approximate surface area is 119 Å². The molecule has 2 aromatic rings. The zero-order chi connectivity index (χ0) is 14.5. The largest absolute Gasteiger partial charge is 0.497 e. The van der Waals surface area contributed by atoms with Crippen molar-refractivity contribution < 1.29 is 9.13 Å². The van der Waals surface area contributed by atoms with Crippen molar-refractivity contribution in [3.05, 3.63) is 65.0 Å². The van der Waals surface area contributed by atoms with Gasteiger partial charge in [-0.15, -0.1) is 0 Å². The number of nitrogens with two attached hydrogens (primary N) is 1. The third kappa shape index (κ3) is 3.58. The van der Waals surface area contributed by atoms with Crippen molar-refractivity contribution in [2.24, 2.45) is 5.73 Å². The highest BCUT2D eigenvalue weighted by Crippen LogP contribution is 2.22. The van der Waals surface area contributed by atoms with Crippen LogP contribution in [0.1, 0.15) is 29.2 Å². The van der Waals surface area contributed by atoms with Gasteiger partial charge >= 0.3 is 0 Å². The summed E-state index contributed by atoms with van der Waals surface area (Å²) in [5.41, 5.74) is 9.30. The first-order chi connectivity index (χ1) is 9.60. The van der Waals surface area contributed by atoms with E-state index >= 15 is 0 Å². The van der Waals surface area contributed by atoms with Crippen molar-refractivity contribution in [3.63, 3.8) is 0 Å². The molecule has 0 radical (unpaired) electrons. The zero-order valence-corrected chi connectivity index (χ0v) is 11.9. The quantitative estimate of drug-likeness (QED) is 0.900. The lowest BCUT2D eigenvalue weighted by atomic mass is 9.96. The molecule has 0 aliphatic rings. The Morgan fingerprint density at radius 2 is 1.85 bits per heavy atom. The number of benzene rings is 2. The molecule has 20 heavy (non-hydrogen) atoms. The summed E-state index contributed by atoms with van der Waals surface area (Å²) in [6.07, 6.45) is 1.65. The van der Waals surface area contributed by atoms with Crippen LogP contribution in [0.15, 0.2) is 42.5 Å². The Balaban J connectivity index is 2.00. The van der Waals surface area contributed by atoms with E-state index in [1.54, 1.807) is 13.2 Å². The van der Waals surface area contributed by atoms with Crippen LogP contribution >= 0.6 is 0 Å². The van der Waals surface area contributed by atoms with E-state index in [1.807, 2.05) is 31.2 Å². The van der Waals surface area contributed by atoms with Gasteiger partial charge in [0, 0.05) is 6.04 Å². The molecular weight excluding hydrogens is 253 g/mol. The summed E-state index contributed by atoms with van der Waals surface area (Å²) in [5.74, 6) is 0.615. The van der Waals surface area contributed by atoms with Gasteiger partial charge in [-0.1, -0.05) is 18.2 Å². The molecule has 1 atom stereocenters. The molecule has 0 aliphatic carbocycles. The molecule has 2 N–H and O–H groups in total. The monoisotopic (exact) mass is 273 g/mol. The number of ether oxygens (including phenoxy) is 1. The van der Waals surface area contributed by atoms with Crippen LogP contribution in [0.3, 0.4) is 0 Å². The van der Waals surface area contributed by atoms with Crippen molar-refractivity contribution in [3.8, 4) is 5.75 Å². The molecule has 3 heteroatoms. The Hall–Kier alpha value is -1.87. The maximum atomic E-state index is 13.3. The molecule has 1 unspecified atom stereocenters. The second-order valence-electron chi connectivity index (χ2n) is 4.99. The maximum Gasteiger partial charge on any atom is 0.123 e. The van der Waals surface area contributed by atoms with E-state index in [0.717, 1.165) is 29.7 Å². The van der Waals surface area contributed by atoms with Gasteiger partial charge < -0.3 is 10.5 Å². The Bertz CT molecular complexity index is 566. The highest BCUT2D eigenvalue weighted by Gasteiger charge is 2.10. The predicted molar refractivity (Wildman–Crippen MR) is 79.4 cm³/mol. The average Bonchev–Trinajstić information content (AvgIpc) is 2.47. The third-order valence-corrected chi connectivity index (χ3v) is 3.54. The van der Waals surface area contributed by atoms with Gasteiger partial charge in [0.25, 0.3) is 0 Å². The van der Waals surface area contributed by atoms with Crippen LogP contribution in [0.2, 0.25) is 0 Å². The maximum absolute atomic E-state index is 13.3. The lowest BCUT2D eigenvalue weighted by Crippen LogP contribution is -2.13. The molecule has 0 amide bonds. The zero-order valence-electron chi connectivity index (χ0n) is 11.9. The molecule has 0 bridgehead atoms. The standard InChI is InChI=1S/C17H20FNO/c1-12-3-7-14(18)11-16(12)17(19)10-6-13-4-8-15(20-2)9-5-13/h3-5,7-9,11,17H,6,10,19H2,1-2H3. The van der Waals surface area contributed by atoms with Gasteiger partial charge in [0.2, 0.25) is 0 Å². The van der Waals surface area contributed by atoms with Crippen LogP contribution in [0.4, 0.5) is 4.39 Å². The summed E-state index contributed by atoms with van der Waals surface area (Å²) in [7, 11) is 1.65. The minimum absolute atomic E-state index is 0.146. The second kappa shape index (κ2) is 6.53. The molecule has 0 aromatic heterocycles. The van der Waals surface area contributed by atoms with Crippen molar-refractivity contribution in [2.75, 3.05) is 7.11 Å². The molecule has 0 aliphatic heterocycles. The van der Waals surface area contributed by atoms with Crippen molar-refractivity contribution in [2.45, 2.75) is 25.8 Å². The minimum Gasteiger partial charge on any atom is -0.497 e. The van der Waals surface area contributed by atoms with E-state index in [4.69, 9.17) is 10.5 Å². The number of hydrogen-bond donors (Lipinski definition) is 1. The van der Waals surface area contributed by atoms with Gasteiger partial charge in [0.05, 0.1) is 7.11 Å². The van der Waals surface area contributed by atoms with Crippen LogP contribution in [-0.2, 0) is 6.42 Å². The molecular formula is C17H20FNO. The number of hydrogen-bond acceptors (Lipinski definition) is 2. The number of aryl methyl sites for hydroxylation is 2. The fourth-order valence-electron chi connectivity index (χ4n) is 2.28. The molecule has 0 fully saturated rings. The summed E-state index contributed by atoms with van der Waals surface area (Å²) in [5, 5.41) is 0. The van der Waals surface area contributed by atoms with Crippen LogP contribution in [0.5, 0.6) is 5.75 Å². The van der Waals surface area contributed by atoms with Gasteiger partial charge in [-0.25, -0.2) is 4.39 Å². The molecule has 2 aromatic carbocycles. The summed E-state index contributed by atoms with van der Waals surface area (Å²) < 4.78 is 18.4. The van der Waals surface area contributed by atoms with Crippen LogP contribution in [0, 0.1) is 12.7 Å². The van der Waals surface area contributed by atoms with Crippen LogP contribution in [0.25, 0.3) is 0 Å². The van der Waals surface area contributed by atoms with E-state index in [2.05, 4.69) is 0 Å². The van der Waals surface area contributed by atoms with E-state index in [-0.39, 0.29) is 11.9 Å². The summed E-state index contributed by atoms with van der Waals surface area (Å²) in [6, 6.07) is 12.6. The molecule has 2 rings (SSSR count). The SMILES string of the molecule is COc1ccc(CCC(N)c2cc(F)ccc2C)cc1.